The number of carbonyl (C=O) groups is 1. The van der Waals surface area contributed by atoms with Crippen molar-refractivity contribution in [2.75, 3.05) is 5.32 Å². The fraction of sp³-hybridized carbons (Fsp3) is 0.103. The predicted molar refractivity (Wildman–Crippen MR) is 164 cm³/mol. The van der Waals surface area contributed by atoms with Crippen molar-refractivity contribution in [3.8, 4) is 11.5 Å². The minimum absolute atomic E-state index is 0.0163. The van der Waals surface area contributed by atoms with Gasteiger partial charge in [-0.25, -0.2) is 9.24 Å². The van der Waals surface area contributed by atoms with Crippen LogP contribution >= 0.6 is 34.8 Å². The zero-order valence-corrected chi connectivity index (χ0v) is 24.0. The first-order chi connectivity index (χ1) is 18.5. The fourth-order valence-corrected chi connectivity index (χ4v) is 3.37. The van der Waals surface area contributed by atoms with Crippen molar-refractivity contribution in [3.63, 3.8) is 0 Å². The van der Waals surface area contributed by atoms with Gasteiger partial charge >= 0.3 is 6.92 Å². The van der Waals surface area contributed by atoms with Crippen LogP contribution < -0.4 is 10.1 Å². The molecule has 2 N–H and O–H groups in total. The topological polar surface area (TPSA) is 62.9 Å². The molecular weight excluding hydrogens is 560 g/mol. The Morgan fingerprint density at radius 1 is 1.10 bits per heavy atom. The third-order valence-corrected chi connectivity index (χ3v) is 5.25. The zero-order valence-electron chi connectivity index (χ0n) is 21.7. The van der Waals surface area contributed by atoms with Gasteiger partial charge in [-0.15, -0.1) is 32.9 Å². The van der Waals surface area contributed by atoms with E-state index in [-0.39, 0.29) is 46.1 Å². The highest BCUT2D eigenvalue weighted by Gasteiger charge is 2.18. The maximum atomic E-state index is 15.0. The summed E-state index contributed by atoms with van der Waals surface area (Å²) < 4.78 is 20.6. The molecule has 10 heteroatoms. The van der Waals surface area contributed by atoms with Crippen LogP contribution in [-0.2, 0) is 11.2 Å². The molecule has 0 radical (unpaired) electrons. The molecule has 0 spiro atoms. The molecule has 0 aromatic heterocycles. The number of ether oxygens (including phenoxy) is 1. The molecular formula is C29H29BCl3FN2O3. The van der Waals surface area contributed by atoms with Crippen LogP contribution in [0.4, 0.5) is 15.8 Å². The second kappa shape index (κ2) is 18.7. The van der Waals surface area contributed by atoms with Crippen LogP contribution in [0.5, 0.6) is 11.5 Å². The summed E-state index contributed by atoms with van der Waals surface area (Å²) in [6.07, 6.45) is -0.258. The van der Waals surface area contributed by atoms with E-state index in [0.29, 0.717) is 10.7 Å². The number of rotatable bonds is 6. The Kier molecular flexibility index (Phi) is 17.0. The maximum absolute atomic E-state index is 15.0. The largest absolute Gasteiger partial charge is 0.454 e. The van der Waals surface area contributed by atoms with E-state index in [1.54, 1.807) is 25.0 Å². The van der Waals surface area contributed by atoms with Crippen LogP contribution in [0.1, 0.15) is 11.1 Å². The van der Waals surface area contributed by atoms with Gasteiger partial charge < -0.3 is 15.1 Å². The van der Waals surface area contributed by atoms with Crippen molar-refractivity contribution in [1.29, 1.82) is 0 Å². The van der Waals surface area contributed by atoms with Crippen molar-refractivity contribution in [1.82, 2.24) is 0 Å². The number of aryl methyl sites for hydroxylation is 1. The summed E-state index contributed by atoms with van der Waals surface area (Å²) in [4.78, 5) is 15.7. The Bertz CT molecular complexity index is 1310. The van der Waals surface area contributed by atoms with Crippen LogP contribution in [0.15, 0.2) is 87.4 Å². The summed E-state index contributed by atoms with van der Waals surface area (Å²) in [6.45, 7) is 25.6. The Hall–Kier alpha value is -3.54. The van der Waals surface area contributed by atoms with Crippen molar-refractivity contribution in [2.24, 2.45) is 0 Å². The minimum atomic E-state index is -0.781. The molecule has 3 aromatic carbocycles. The molecule has 0 aliphatic carbocycles. The second-order valence-corrected chi connectivity index (χ2v) is 8.64. The normalized spacial score (nSPS) is 9.08. The van der Waals surface area contributed by atoms with E-state index >= 15 is 4.39 Å². The predicted octanol–water partition coefficient (Wildman–Crippen LogP) is 9.55. The molecule has 0 saturated heterocycles. The SMILES string of the molecule is C=C.C=C.C=CB(C)O.[C-]#[N+]c1cc(Cl)cc(Oc2c(Cl)ccc(CC(=O)Nc3ccc(C)cc3Cl)c2F)c1. The summed E-state index contributed by atoms with van der Waals surface area (Å²) in [5, 5.41) is 11.6. The molecule has 0 fully saturated rings. The first-order valence-corrected chi connectivity index (χ1v) is 12.4. The number of halogens is 4. The van der Waals surface area contributed by atoms with Crippen LogP contribution in [0.3, 0.4) is 0 Å². The number of nitrogens with one attached hydrogen (secondary N) is 1. The van der Waals surface area contributed by atoms with E-state index in [0.717, 1.165) is 5.56 Å². The van der Waals surface area contributed by atoms with Crippen molar-refractivity contribution < 1.29 is 18.9 Å². The third kappa shape index (κ3) is 12.2. The van der Waals surface area contributed by atoms with E-state index in [9.17, 15) is 4.79 Å². The highest BCUT2D eigenvalue weighted by atomic mass is 35.5. The highest BCUT2D eigenvalue weighted by molar-refractivity contribution is 6.54. The summed E-state index contributed by atoms with van der Waals surface area (Å²) in [5.41, 5.74) is 1.71. The molecule has 0 bridgehead atoms. The summed E-state index contributed by atoms with van der Waals surface area (Å²) >= 11 is 18.2. The van der Waals surface area contributed by atoms with Crippen LogP contribution in [0.25, 0.3) is 4.85 Å². The third-order valence-electron chi connectivity index (χ3n) is 4.42. The number of carbonyl (C=O) groups excluding carboxylic acids is 1. The van der Waals surface area contributed by atoms with Gasteiger partial charge in [0.1, 0.15) is 5.75 Å². The van der Waals surface area contributed by atoms with E-state index in [2.05, 4.69) is 43.1 Å². The Balaban J connectivity index is 0.00000142. The molecule has 3 rings (SSSR count). The van der Waals surface area contributed by atoms with Crippen LogP contribution in [-0.4, -0.2) is 17.8 Å². The summed E-state index contributed by atoms with van der Waals surface area (Å²) in [6, 6.07) is 12.3. The van der Waals surface area contributed by atoms with Gasteiger partial charge in [0.05, 0.1) is 28.7 Å². The number of amides is 1. The first-order valence-electron chi connectivity index (χ1n) is 11.2. The van der Waals surface area contributed by atoms with Crippen molar-refractivity contribution in [2.45, 2.75) is 20.2 Å². The second-order valence-electron chi connectivity index (χ2n) is 7.39. The van der Waals surface area contributed by atoms with Gasteiger partial charge in [-0.3, -0.25) is 4.79 Å². The van der Waals surface area contributed by atoms with Gasteiger partial charge in [0.2, 0.25) is 5.91 Å². The minimum Gasteiger partial charge on any atom is -0.454 e. The molecule has 0 atom stereocenters. The molecule has 1 amide bonds. The van der Waals surface area contributed by atoms with E-state index in [1.807, 2.05) is 6.92 Å². The lowest BCUT2D eigenvalue weighted by molar-refractivity contribution is -0.115. The Morgan fingerprint density at radius 2 is 1.72 bits per heavy atom. The molecule has 39 heavy (non-hydrogen) atoms. The molecule has 0 aliphatic rings. The molecule has 0 aliphatic heterocycles. The van der Waals surface area contributed by atoms with Gasteiger partial charge in [0.15, 0.2) is 17.3 Å². The molecule has 3 aromatic rings. The highest BCUT2D eigenvalue weighted by Crippen LogP contribution is 2.36. The van der Waals surface area contributed by atoms with Crippen LogP contribution in [0, 0.1) is 19.3 Å². The lowest BCUT2D eigenvalue weighted by atomic mass is 9.73. The number of nitrogens with zero attached hydrogens (tertiary/aromatic N) is 1. The molecule has 5 nitrogen and oxygen atoms in total. The number of hydrogen-bond donors (Lipinski definition) is 2. The average Bonchev–Trinajstić information content (AvgIpc) is 2.92. The number of anilines is 1. The standard InChI is InChI=1S/C22H14Cl3FN2O2.C3H7BO.2C2H4/c1-12-3-6-19(18(25)7-12)28-20(29)8-13-4-5-17(24)22(21(13)26)30-16-10-14(23)9-15(11-16)27-2;1-3-4(2)5;2*1-2/h3-7,9-11H,8H2,1H3,(H,28,29);3,5H,1H2,2H3;2*1-2H2. The van der Waals surface area contributed by atoms with Gasteiger partial charge in [0, 0.05) is 10.6 Å². The average molecular weight is 590 g/mol. The first kappa shape index (κ1) is 35.5. The van der Waals surface area contributed by atoms with Crippen molar-refractivity contribution in [3.05, 3.63) is 131 Å². The van der Waals surface area contributed by atoms with Crippen molar-refractivity contribution >= 4 is 59.0 Å². The van der Waals surface area contributed by atoms with Gasteiger partial charge in [-0.05, 0) is 48.9 Å². The molecule has 0 unspecified atom stereocenters. The number of benzene rings is 3. The maximum Gasteiger partial charge on any atom is 0.312 e. The Morgan fingerprint density at radius 3 is 2.26 bits per heavy atom. The molecule has 0 saturated carbocycles. The smallest absolute Gasteiger partial charge is 0.312 e. The summed E-state index contributed by atoms with van der Waals surface area (Å²) in [7, 11) is 0. The number of hydrogen-bond acceptors (Lipinski definition) is 3. The van der Waals surface area contributed by atoms with E-state index in [4.69, 9.17) is 51.1 Å². The lowest BCUT2D eigenvalue weighted by Gasteiger charge is -2.13. The monoisotopic (exact) mass is 588 g/mol. The summed E-state index contributed by atoms with van der Waals surface area (Å²) in [5.74, 6) is 0.138. The lowest BCUT2D eigenvalue weighted by Crippen LogP contribution is -2.15. The van der Waals surface area contributed by atoms with Crippen LogP contribution in [0.2, 0.25) is 21.9 Å². The van der Waals surface area contributed by atoms with Gasteiger partial charge in [-0.2, -0.15) is 0 Å². The van der Waals surface area contributed by atoms with Gasteiger partial charge in [0.25, 0.3) is 0 Å². The van der Waals surface area contributed by atoms with Gasteiger partial charge in [-0.1, -0.05) is 59.7 Å². The molecule has 204 valence electrons. The molecule has 0 heterocycles. The fourth-order valence-electron chi connectivity index (χ4n) is 2.68. The Labute approximate surface area is 245 Å². The zero-order chi connectivity index (χ0) is 30.1. The van der Waals surface area contributed by atoms with E-state index < -0.39 is 11.7 Å². The quantitative estimate of drug-likeness (QED) is 0.171. The van der Waals surface area contributed by atoms with E-state index in [1.165, 1.54) is 36.3 Å².